The molecule has 0 radical (unpaired) electrons. The minimum absolute atomic E-state index is 0.134. The number of likely N-dealkylation sites (tertiary alicyclic amines) is 1. The van der Waals surface area contributed by atoms with Gasteiger partial charge in [-0.3, -0.25) is 19.3 Å². The number of amides is 2. The standard InChI is InChI=1S/C13H22N2O4/c1-5-6-14-13(4,11(18)19)8-15-9(16)7-12(2,3)10(15)17/h14H,5-8H2,1-4H3,(H,18,19). The molecule has 6 nitrogen and oxygen atoms in total. The summed E-state index contributed by atoms with van der Waals surface area (Å²) in [6.07, 6.45) is 0.908. The summed E-state index contributed by atoms with van der Waals surface area (Å²) in [5, 5.41) is 12.2. The van der Waals surface area contributed by atoms with Gasteiger partial charge in [-0.15, -0.1) is 0 Å². The van der Waals surface area contributed by atoms with Gasteiger partial charge in [0.25, 0.3) is 0 Å². The van der Waals surface area contributed by atoms with Crippen molar-refractivity contribution in [3.8, 4) is 0 Å². The summed E-state index contributed by atoms with van der Waals surface area (Å²) in [6.45, 7) is 7.20. The SMILES string of the molecule is CCCNC(C)(CN1C(=O)CC(C)(C)C1=O)C(=O)O. The molecule has 1 fully saturated rings. The molecule has 0 aromatic heterocycles. The minimum atomic E-state index is -1.30. The molecule has 1 heterocycles. The largest absolute Gasteiger partial charge is 0.480 e. The highest BCUT2D eigenvalue weighted by Gasteiger charge is 2.48. The summed E-state index contributed by atoms with van der Waals surface area (Å²) < 4.78 is 0. The number of nitrogens with one attached hydrogen (secondary N) is 1. The molecule has 1 atom stereocenters. The van der Waals surface area contributed by atoms with Crippen molar-refractivity contribution >= 4 is 17.8 Å². The second-order valence-corrected chi connectivity index (χ2v) is 5.91. The lowest BCUT2D eigenvalue weighted by molar-refractivity contribution is -0.148. The van der Waals surface area contributed by atoms with E-state index in [9.17, 15) is 19.5 Å². The van der Waals surface area contributed by atoms with E-state index in [1.807, 2.05) is 6.92 Å². The van der Waals surface area contributed by atoms with Gasteiger partial charge in [0.1, 0.15) is 5.54 Å². The molecule has 1 aliphatic rings. The van der Waals surface area contributed by atoms with Crippen LogP contribution in [-0.2, 0) is 14.4 Å². The van der Waals surface area contributed by atoms with Gasteiger partial charge in [-0.1, -0.05) is 20.8 Å². The van der Waals surface area contributed by atoms with Crippen LogP contribution in [-0.4, -0.2) is 46.4 Å². The van der Waals surface area contributed by atoms with Gasteiger partial charge >= 0.3 is 5.97 Å². The van der Waals surface area contributed by atoms with E-state index in [2.05, 4.69) is 5.32 Å². The van der Waals surface area contributed by atoms with Crippen molar-refractivity contribution in [3.05, 3.63) is 0 Å². The number of aliphatic carboxylic acids is 1. The minimum Gasteiger partial charge on any atom is -0.480 e. The molecule has 1 saturated heterocycles. The van der Waals surface area contributed by atoms with Crippen molar-refractivity contribution in [3.63, 3.8) is 0 Å². The van der Waals surface area contributed by atoms with Crippen LogP contribution in [0.2, 0.25) is 0 Å². The molecule has 2 amide bonds. The highest BCUT2D eigenvalue weighted by atomic mass is 16.4. The lowest BCUT2D eigenvalue weighted by atomic mass is 9.92. The smallest absolute Gasteiger partial charge is 0.325 e. The lowest BCUT2D eigenvalue weighted by Gasteiger charge is -2.30. The first-order valence-electron chi connectivity index (χ1n) is 6.47. The summed E-state index contributed by atoms with van der Waals surface area (Å²) in [7, 11) is 0. The van der Waals surface area contributed by atoms with E-state index in [4.69, 9.17) is 0 Å². The predicted octanol–water partition coefficient (Wildman–Crippen LogP) is 0.614. The predicted molar refractivity (Wildman–Crippen MR) is 69.5 cm³/mol. The van der Waals surface area contributed by atoms with Crippen LogP contribution < -0.4 is 5.32 Å². The molecule has 2 N–H and O–H groups in total. The van der Waals surface area contributed by atoms with E-state index >= 15 is 0 Å². The van der Waals surface area contributed by atoms with Crippen molar-refractivity contribution in [1.29, 1.82) is 0 Å². The number of hydrogen-bond acceptors (Lipinski definition) is 4. The Bertz CT molecular complexity index is 405. The number of rotatable bonds is 6. The average molecular weight is 270 g/mol. The third-order valence-corrected chi connectivity index (χ3v) is 3.43. The number of carbonyl (C=O) groups excluding carboxylic acids is 2. The van der Waals surface area contributed by atoms with Crippen molar-refractivity contribution in [1.82, 2.24) is 10.2 Å². The zero-order chi connectivity index (χ0) is 14.8. The molecule has 1 unspecified atom stereocenters. The number of nitrogens with zero attached hydrogens (tertiary/aromatic N) is 1. The van der Waals surface area contributed by atoms with Crippen LogP contribution in [0.5, 0.6) is 0 Å². The van der Waals surface area contributed by atoms with Gasteiger partial charge in [0, 0.05) is 6.42 Å². The molecular weight excluding hydrogens is 248 g/mol. The van der Waals surface area contributed by atoms with Crippen LogP contribution in [0, 0.1) is 5.41 Å². The quantitative estimate of drug-likeness (QED) is 0.691. The second-order valence-electron chi connectivity index (χ2n) is 5.91. The first-order chi connectivity index (χ1) is 8.64. The van der Waals surface area contributed by atoms with Crippen LogP contribution in [0.3, 0.4) is 0 Å². The summed E-state index contributed by atoms with van der Waals surface area (Å²) in [6, 6.07) is 0. The number of carboxylic acid groups (broad SMARTS) is 1. The van der Waals surface area contributed by atoms with Gasteiger partial charge < -0.3 is 10.4 Å². The first-order valence-corrected chi connectivity index (χ1v) is 6.47. The van der Waals surface area contributed by atoms with Crippen LogP contribution in [0.15, 0.2) is 0 Å². The summed E-state index contributed by atoms with van der Waals surface area (Å²) >= 11 is 0. The van der Waals surface area contributed by atoms with Crippen LogP contribution in [0.25, 0.3) is 0 Å². The van der Waals surface area contributed by atoms with Crippen LogP contribution in [0.1, 0.15) is 40.5 Å². The third-order valence-electron chi connectivity index (χ3n) is 3.43. The van der Waals surface area contributed by atoms with Crippen LogP contribution in [0.4, 0.5) is 0 Å². The van der Waals surface area contributed by atoms with E-state index in [0.29, 0.717) is 6.54 Å². The third kappa shape index (κ3) is 3.12. The zero-order valence-electron chi connectivity index (χ0n) is 11.9. The fourth-order valence-corrected chi connectivity index (χ4v) is 2.10. The van der Waals surface area contributed by atoms with Gasteiger partial charge in [0.2, 0.25) is 11.8 Å². The molecule has 0 saturated carbocycles. The van der Waals surface area contributed by atoms with Gasteiger partial charge in [-0.25, -0.2) is 0 Å². The average Bonchev–Trinajstić information content (AvgIpc) is 2.49. The number of carboxylic acids is 1. The molecule has 19 heavy (non-hydrogen) atoms. The highest BCUT2D eigenvalue weighted by Crippen LogP contribution is 2.32. The van der Waals surface area contributed by atoms with Crippen molar-refractivity contribution in [2.75, 3.05) is 13.1 Å². The number of imide groups is 1. The zero-order valence-corrected chi connectivity index (χ0v) is 11.9. The molecule has 6 heteroatoms. The van der Waals surface area contributed by atoms with Gasteiger partial charge in [0.05, 0.1) is 12.0 Å². The van der Waals surface area contributed by atoms with Crippen molar-refractivity contribution in [2.45, 2.75) is 46.1 Å². The Kier molecular flexibility index (Phi) is 4.35. The molecule has 1 rings (SSSR count). The van der Waals surface area contributed by atoms with Crippen molar-refractivity contribution in [2.24, 2.45) is 5.41 Å². The maximum atomic E-state index is 12.1. The molecule has 108 valence electrons. The molecular formula is C13H22N2O4. The van der Waals surface area contributed by atoms with E-state index in [0.717, 1.165) is 11.3 Å². The van der Waals surface area contributed by atoms with Gasteiger partial charge in [-0.05, 0) is 19.9 Å². The van der Waals surface area contributed by atoms with Crippen molar-refractivity contribution < 1.29 is 19.5 Å². The fourth-order valence-electron chi connectivity index (χ4n) is 2.10. The Hall–Kier alpha value is -1.43. The number of carbonyl (C=O) groups is 3. The molecule has 0 aromatic carbocycles. The molecule has 0 aromatic rings. The Morgan fingerprint density at radius 2 is 2.05 bits per heavy atom. The topological polar surface area (TPSA) is 86.7 Å². The summed E-state index contributed by atoms with van der Waals surface area (Å²) in [5.74, 6) is -1.67. The molecule has 0 spiro atoms. The Balaban J connectivity index is 2.89. The maximum Gasteiger partial charge on any atom is 0.325 e. The Morgan fingerprint density at radius 1 is 1.47 bits per heavy atom. The van der Waals surface area contributed by atoms with E-state index in [1.165, 1.54) is 6.92 Å². The van der Waals surface area contributed by atoms with E-state index in [-0.39, 0.29) is 24.8 Å². The summed E-state index contributed by atoms with van der Waals surface area (Å²) in [5.41, 5.74) is -2.04. The number of hydrogen-bond donors (Lipinski definition) is 2. The lowest BCUT2D eigenvalue weighted by Crippen LogP contribution is -2.58. The normalized spacial score (nSPS) is 21.6. The monoisotopic (exact) mass is 270 g/mol. The molecule has 1 aliphatic heterocycles. The Morgan fingerprint density at radius 3 is 2.42 bits per heavy atom. The molecule has 0 bridgehead atoms. The highest BCUT2D eigenvalue weighted by molar-refractivity contribution is 6.05. The first kappa shape index (κ1) is 15.6. The Labute approximate surface area is 113 Å². The summed E-state index contributed by atoms with van der Waals surface area (Å²) in [4.78, 5) is 36.4. The van der Waals surface area contributed by atoms with E-state index in [1.54, 1.807) is 13.8 Å². The van der Waals surface area contributed by atoms with Crippen LogP contribution >= 0.6 is 0 Å². The molecule has 0 aliphatic carbocycles. The fraction of sp³-hybridized carbons (Fsp3) is 0.769. The van der Waals surface area contributed by atoms with E-state index < -0.39 is 16.9 Å². The maximum absolute atomic E-state index is 12.1. The van der Waals surface area contributed by atoms with Gasteiger partial charge in [-0.2, -0.15) is 0 Å². The second kappa shape index (κ2) is 5.28. The van der Waals surface area contributed by atoms with Gasteiger partial charge in [0.15, 0.2) is 0 Å².